The van der Waals surface area contributed by atoms with Crippen molar-refractivity contribution >= 4 is 15.9 Å². The van der Waals surface area contributed by atoms with Crippen LogP contribution in [-0.2, 0) is 0 Å². The Bertz CT molecular complexity index is 291. The van der Waals surface area contributed by atoms with Crippen molar-refractivity contribution in [1.29, 1.82) is 0 Å². The van der Waals surface area contributed by atoms with Crippen molar-refractivity contribution in [3.63, 3.8) is 0 Å². The Hall–Kier alpha value is -0.640. The molecule has 0 heterocycles. The highest BCUT2D eigenvalue weighted by molar-refractivity contribution is 9.10. The molecular weight excluding hydrogens is 242 g/mol. The van der Waals surface area contributed by atoms with E-state index in [0.29, 0.717) is 4.47 Å². The normalized spacial score (nSPS) is 12.6. The van der Waals surface area contributed by atoms with E-state index in [9.17, 15) is 8.78 Å². The molecule has 1 aromatic carbocycles. The molecule has 0 N–H and O–H groups in total. The van der Waals surface area contributed by atoms with Crippen molar-refractivity contribution in [1.82, 2.24) is 0 Å². The molecule has 1 atom stereocenters. The van der Waals surface area contributed by atoms with E-state index < -0.39 is 18.6 Å². The predicted octanol–water partition coefficient (Wildman–Crippen LogP) is 3.14. The van der Waals surface area contributed by atoms with Gasteiger partial charge in [-0.1, -0.05) is 15.9 Å². The van der Waals surface area contributed by atoms with Crippen LogP contribution >= 0.6 is 15.9 Å². The zero-order valence-corrected chi connectivity index (χ0v) is 8.35. The van der Waals surface area contributed by atoms with Crippen LogP contribution in [0, 0.1) is 12.7 Å². The summed E-state index contributed by atoms with van der Waals surface area (Å²) in [5, 5.41) is 0. The first-order valence-corrected chi connectivity index (χ1v) is 4.43. The van der Waals surface area contributed by atoms with E-state index in [-0.39, 0.29) is 5.75 Å². The van der Waals surface area contributed by atoms with Gasteiger partial charge in [0.05, 0.1) is 0 Å². The van der Waals surface area contributed by atoms with E-state index in [2.05, 4.69) is 22.9 Å². The molecule has 1 rings (SSSR count). The highest BCUT2D eigenvalue weighted by Crippen LogP contribution is 2.23. The van der Waals surface area contributed by atoms with Gasteiger partial charge in [-0.15, -0.1) is 0 Å². The van der Waals surface area contributed by atoms with Crippen LogP contribution in [0.2, 0.25) is 0 Å². The minimum absolute atomic E-state index is 0.00650. The van der Waals surface area contributed by atoms with Gasteiger partial charge in [-0.25, -0.2) is 8.78 Å². The molecule has 71 valence electrons. The van der Waals surface area contributed by atoms with Gasteiger partial charge in [-0.2, -0.15) is 0 Å². The van der Waals surface area contributed by atoms with E-state index in [1.165, 1.54) is 18.2 Å². The summed E-state index contributed by atoms with van der Waals surface area (Å²) in [5.74, 6) is -0.516. The molecule has 13 heavy (non-hydrogen) atoms. The highest BCUT2D eigenvalue weighted by atomic mass is 79.9. The van der Waals surface area contributed by atoms with Gasteiger partial charge in [0.15, 0.2) is 11.6 Å². The lowest BCUT2D eigenvalue weighted by molar-refractivity contribution is 0.197. The molecule has 1 nitrogen and oxygen atoms in total. The largest absolute Gasteiger partial charge is 0.485 e. The molecular formula is C9H8BrF2O. The third kappa shape index (κ3) is 2.95. The molecule has 4 heteroatoms. The predicted molar refractivity (Wildman–Crippen MR) is 49.8 cm³/mol. The van der Waals surface area contributed by atoms with Crippen molar-refractivity contribution in [2.24, 2.45) is 0 Å². The Labute approximate surface area is 83.8 Å². The molecule has 0 aliphatic rings. The van der Waals surface area contributed by atoms with Gasteiger partial charge >= 0.3 is 0 Å². The molecule has 0 saturated carbocycles. The first-order valence-electron chi connectivity index (χ1n) is 3.64. The summed E-state index contributed by atoms with van der Waals surface area (Å²) < 4.78 is 30.5. The van der Waals surface area contributed by atoms with Crippen molar-refractivity contribution < 1.29 is 13.5 Å². The van der Waals surface area contributed by atoms with Crippen LogP contribution in [-0.4, -0.2) is 12.8 Å². The van der Waals surface area contributed by atoms with E-state index in [1.807, 2.05) is 0 Å². The maximum Gasteiger partial charge on any atom is 0.165 e. The zero-order valence-electron chi connectivity index (χ0n) is 6.77. The number of ether oxygens (including phenoxy) is 1. The summed E-state index contributed by atoms with van der Waals surface area (Å²) in [4.78, 5) is 0. The quantitative estimate of drug-likeness (QED) is 0.800. The average molecular weight is 250 g/mol. The summed E-state index contributed by atoms with van der Waals surface area (Å²) in [7, 11) is 0. The average Bonchev–Trinajstić information content (AvgIpc) is 2.11. The second-order valence-corrected chi connectivity index (χ2v) is 3.38. The number of halogens is 3. The summed E-state index contributed by atoms with van der Waals surface area (Å²) in [6.45, 7) is 2.60. The fourth-order valence-corrected chi connectivity index (χ4v) is 1.12. The van der Waals surface area contributed by atoms with Crippen LogP contribution in [0.25, 0.3) is 0 Å². The zero-order chi connectivity index (χ0) is 9.84. The second-order valence-electron chi connectivity index (χ2n) is 2.47. The van der Waals surface area contributed by atoms with E-state index >= 15 is 0 Å². The maximum absolute atomic E-state index is 13.0. The molecule has 0 spiro atoms. The SMILES string of the molecule is [CH2][C@H](CF)Oc1cc(Br)ccc1F. The Morgan fingerprint density at radius 1 is 1.54 bits per heavy atom. The molecule has 0 unspecified atom stereocenters. The Balaban J connectivity index is 2.81. The number of hydrogen-bond acceptors (Lipinski definition) is 1. The molecule has 1 radical (unpaired) electrons. The van der Waals surface area contributed by atoms with Gasteiger partial charge in [0, 0.05) is 4.47 Å². The third-order valence-electron chi connectivity index (χ3n) is 1.36. The first kappa shape index (κ1) is 10.4. The molecule has 1 aromatic rings. The Morgan fingerprint density at radius 3 is 2.85 bits per heavy atom. The lowest BCUT2D eigenvalue weighted by Gasteiger charge is -2.11. The van der Waals surface area contributed by atoms with Crippen LogP contribution in [0.4, 0.5) is 8.78 Å². The molecule has 0 aromatic heterocycles. The molecule has 0 bridgehead atoms. The number of rotatable bonds is 3. The third-order valence-corrected chi connectivity index (χ3v) is 1.85. The van der Waals surface area contributed by atoms with Crippen molar-refractivity contribution in [3.8, 4) is 5.75 Å². The van der Waals surface area contributed by atoms with Gasteiger partial charge in [0.2, 0.25) is 0 Å². The van der Waals surface area contributed by atoms with Gasteiger partial charge < -0.3 is 4.74 Å². The Kier molecular flexibility index (Phi) is 3.66. The molecule has 0 saturated heterocycles. The van der Waals surface area contributed by atoms with E-state index in [4.69, 9.17) is 4.74 Å². The molecule has 0 aliphatic carbocycles. The Morgan fingerprint density at radius 2 is 2.23 bits per heavy atom. The first-order chi connectivity index (χ1) is 6.13. The monoisotopic (exact) mass is 249 g/mol. The summed E-state index contributed by atoms with van der Waals surface area (Å²) in [5.41, 5.74) is 0. The van der Waals surface area contributed by atoms with Crippen molar-refractivity contribution in [3.05, 3.63) is 35.4 Å². The lowest BCUT2D eigenvalue weighted by Crippen LogP contribution is -2.14. The van der Waals surface area contributed by atoms with Crippen LogP contribution in [0.15, 0.2) is 22.7 Å². The lowest BCUT2D eigenvalue weighted by atomic mass is 10.3. The summed E-state index contributed by atoms with van der Waals surface area (Å²) in [6, 6.07) is 4.21. The van der Waals surface area contributed by atoms with Gasteiger partial charge in [0.1, 0.15) is 12.8 Å². The van der Waals surface area contributed by atoms with Crippen LogP contribution < -0.4 is 4.74 Å². The fraction of sp³-hybridized carbons (Fsp3) is 0.222. The minimum Gasteiger partial charge on any atom is -0.485 e. The minimum atomic E-state index is -0.871. The molecule has 0 fully saturated rings. The fourth-order valence-electron chi connectivity index (χ4n) is 0.779. The number of alkyl halides is 1. The van der Waals surface area contributed by atoms with Crippen molar-refractivity contribution in [2.45, 2.75) is 6.10 Å². The summed E-state index contributed by atoms with van der Waals surface area (Å²) in [6.07, 6.45) is -0.871. The van der Waals surface area contributed by atoms with Gasteiger partial charge in [-0.3, -0.25) is 0 Å². The smallest absolute Gasteiger partial charge is 0.165 e. The van der Waals surface area contributed by atoms with E-state index in [1.54, 1.807) is 0 Å². The molecule has 0 aliphatic heterocycles. The second kappa shape index (κ2) is 4.56. The van der Waals surface area contributed by atoms with Crippen LogP contribution in [0.5, 0.6) is 5.75 Å². The summed E-state index contributed by atoms with van der Waals surface area (Å²) >= 11 is 3.15. The van der Waals surface area contributed by atoms with E-state index in [0.717, 1.165) is 0 Å². The number of benzene rings is 1. The van der Waals surface area contributed by atoms with Gasteiger partial charge in [-0.05, 0) is 25.1 Å². The van der Waals surface area contributed by atoms with Crippen LogP contribution in [0.3, 0.4) is 0 Å². The topological polar surface area (TPSA) is 9.23 Å². The van der Waals surface area contributed by atoms with Gasteiger partial charge in [0.25, 0.3) is 0 Å². The number of hydrogen-bond donors (Lipinski definition) is 0. The molecule has 0 amide bonds. The standard InChI is InChI=1S/C9H8BrF2O/c1-6(5-11)13-9-4-7(10)2-3-8(9)12/h2-4,6H,1,5H2/t6-/m1/s1. The maximum atomic E-state index is 13.0. The van der Waals surface area contributed by atoms with Crippen molar-refractivity contribution in [2.75, 3.05) is 6.67 Å². The highest BCUT2D eigenvalue weighted by Gasteiger charge is 2.08. The van der Waals surface area contributed by atoms with Crippen LogP contribution in [0.1, 0.15) is 0 Å².